The number of H-pyrrole nitrogens is 1. The van der Waals surface area contributed by atoms with Crippen LogP contribution in [0, 0.1) is 13.8 Å². The maximum Gasteiger partial charge on any atom is 0.265 e. The number of aromatic amines is 1. The number of thiazole rings is 1. The Morgan fingerprint density at radius 2 is 2.09 bits per heavy atom. The molecule has 0 aliphatic carbocycles. The van der Waals surface area contributed by atoms with Gasteiger partial charge in [-0.05, 0) is 38.3 Å². The standard InChI is InChI=1S/C13H14N4O2S3/c1-7-12(8(2)16-15-7)22(18,19)17-9-4-5-10-11(6-9)21-13(14-10)20-3/h4-6,17H,1-3H3,(H,15,16). The SMILES string of the molecule is CSc1nc2ccc(NS(=O)(=O)c3c(C)n[nH]c3C)cc2s1. The minimum atomic E-state index is -3.66. The van der Waals surface area contributed by atoms with Gasteiger partial charge in [0.25, 0.3) is 10.0 Å². The molecule has 22 heavy (non-hydrogen) atoms. The first-order chi connectivity index (χ1) is 10.4. The van der Waals surface area contributed by atoms with E-state index in [1.807, 2.05) is 12.3 Å². The second-order valence-corrected chi connectivity index (χ2v) is 8.44. The quantitative estimate of drug-likeness (QED) is 0.703. The van der Waals surface area contributed by atoms with Crippen LogP contribution in [-0.2, 0) is 10.0 Å². The van der Waals surface area contributed by atoms with Crippen molar-refractivity contribution in [1.29, 1.82) is 0 Å². The number of benzene rings is 1. The lowest BCUT2D eigenvalue weighted by Gasteiger charge is -2.08. The van der Waals surface area contributed by atoms with E-state index in [2.05, 4.69) is 19.9 Å². The van der Waals surface area contributed by atoms with Crippen LogP contribution in [-0.4, -0.2) is 29.9 Å². The highest BCUT2D eigenvalue weighted by Crippen LogP contribution is 2.31. The topological polar surface area (TPSA) is 87.7 Å². The van der Waals surface area contributed by atoms with E-state index >= 15 is 0 Å². The Morgan fingerprint density at radius 3 is 2.73 bits per heavy atom. The summed E-state index contributed by atoms with van der Waals surface area (Å²) >= 11 is 3.11. The monoisotopic (exact) mass is 354 g/mol. The highest BCUT2D eigenvalue weighted by Gasteiger charge is 2.22. The molecule has 0 amide bonds. The summed E-state index contributed by atoms with van der Waals surface area (Å²) in [6, 6.07) is 5.34. The minimum absolute atomic E-state index is 0.196. The minimum Gasteiger partial charge on any atom is -0.281 e. The van der Waals surface area contributed by atoms with Crippen molar-refractivity contribution >= 4 is 49.0 Å². The Bertz CT molecular complexity index is 924. The van der Waals surface area contributed by atoms with Crippen molar-refractivity contribution in [3.05, 3.63) is 29.6 Å². The van der Waals surface area contributed by atoms with Crippen LogP contribution < -0.4 is 4.72 Å². The predicted octanol–water partition coefficient (Wildman–Crippen LogP) is 3.16. The van der Waals surface area contributed by atoms with Gasteiger partial charge < -0.3 is 0 Å². The van der Waals surface area contributed by atoms with E-state index in [1.165, 1.54) is 11.3 Å². The molecule has 0 unspecified atom stereocenters. The Hall–Kier alpha value is -1.58. The molecule has 0 fully saturated rings. The second kappa shape index (κ2) is 5.56. The normalized spacial score (nSPS) is 12.0. The van der Waals surface area contributed by atoms with Crippen LogP contribution in [0.15, 0.2) is 27.4 Å². The van der Waals surface area contributed by atoms with E-state index in [4.69, 9.17) is 0 Å². The molecule has 0 saturated heterocycles. The molecule has 0 bridgehead atoms. The first-order valence-electron chi connectivity index (χ1n) is 6.39. The van der Waals surface area contributed by atoms with Gasteiger partial charge in [0.2, 0.25) is 0 Å². The molecule has 0 atom stereocenters. The molecule has 0 radical (unpaired) electrons. The summed E-state index contributed by atoms with van der Waals surface area (Å²) in [5.41, 5.74) is 2.36. The summed E-state index contributed by atoms with van der Waals surface area (Å²) in [5.74, 6) is 0. The van der Waals surface area contributed by atoms with Gasteiger partial charge in [-0.2, -0.15) is 5.10 Å². The van der Waals surface area contributed by atoms with E-state index in [1.54, 1.807) is 37.7 Å². The lowest BCUT2D eigenvalue weighted by atomic mass is 10.3. The number of nitrogens with one attached hydrogen (secondary N) is 2. The van der Waals surface area contributed by atoms with Crippen LogP contribution in [0.1, 0.15) is 11.4 Å². The molecule has 0 saturated carbocycles. The van der Waals surface area contributed by atoms with E-state index < -0.39 is 10.0 Å². The second-order valence-electron chi connectivity index (χ2n) is 4.74. The van der Waals surface area contributed by atoms with E-state index in [-0.39, 0.29) is 4.90 Å². The van der Waals surface area contributed by atoms with Gasteiger partial charge in [-0.15, -0.1) is 11.3 Å². The Kier molecular flexibility index (Phi) is 3.87. The third-order valence-corrected chi connectivity index (χ3v) is 6.77. The lowest BCUT2D eigenvalue weighted by Crippen LogP contribution is -2.14. The van der Waals surface area contributed by atoms with Gasteiger partial charge in [0.05, 0.1) is 27.3 Å². The van der Waals surface area contributed by atoms with Gasteiger partial charge in [0, 0.05) is 0 Å². The molecular formula is C13H14N4O2S3. The molecule has 2 aromatic heterocycles. The molecule has 2 N–H and O–H groups in total. The molecule has 3 aromatic rings. The van der Waals surface area contributed by atoms with Crippen LogP contribution in [0.4, 0.5) is 5.69 Å². The number of anilines is 1. The average molecular weight is 354 g/mol. The largest absolute Gasteiger partial charge is 0.281 e. The number of rotatable bonds is 4. The first-order valence-corrected chi connectivity index (χ1v) is 9.92. The molecule has 0 spiro atoms. The van der Waals surface area contributed by atoms with Gasteiger partial charge in [-0.3, -0.25) is 9.82 Å². The van der Waals surface area contributed by atoms with Crippen molar-refractivity contribution in [1.82, 2.24) is 15.2 Å². The molecule has 0 aliphatic rings. The van der Waals surface area contributed by atoms with Crippen LogP contribution in [0.3, 0.4) is 0 Å². The summed E-state index contributed by atoms with van der Waals surface area (Å²) in [4.78, 5) is 4.63. The summed E-state index contributed by atoms with van der Waals surface area (Å²) < 4.78 is 29.5. The van der Waals surface area contributed by atoms with Gasteiger partial charge in [0.15, 0.2) is 4.34 Å². The number of fused-ring (bicyclic) bond motifs is 1. The Morgan fingerprint density at radius 1 is 1.32 bits per heavy atom. The highest BCUT2D eigenvalue weighted by atomic mass is 32.2. The molecule has 1 aromatic carbocycles. The zero-order valence-electron chi connectivity index (χ0n) is 12.2. The third-order valence-electron chi connectivity index (χ3n) is 3.12. The number of hydrogen-bond donors (Lipinski definition) is 2. The van der Waals surface area contributed by atoms with Gasteiger partial charge in [-0.25, -0.2) is 13.4 Å². The maximum atomic E-state index is 12.5. The van der Waals surface area contributed by atoms with Gasteiger partial charge >= 0.3 is 0 Å². The van der Waals surface area contributed by atoms with Crippen molar-refractivity contribution < 1.29 is 8.42 Å². The zero-order chi connectivity index (χ0) is 15.9. The van der Waals surface area contributed by atoms with Gasteiger partial charge in [-0.1, -0.05) is 11.8 Å². The third kappa shape index (κ3) is 2.71. The maximum absolute atomic E-state index is 12.5. The Balaban J connectivity index is 1.98. The van der Waals surface area contributed by atoms with Crippen molar-refractivity contribution in [2.75, 3.05) is 11.0 Å². The number of aromatic nitrogens is 3. The van der Waals surface area contributed by atoms with Crippen molar-refractivity contribution in [3.63, 3.8) is 0 Å². The highest BCUT2D eigenvalue weighted by molar-refractivity contribution is 8.00. The molecule has 6 nitrogen and oxygen atoms in total. The molecular weight excluding hydrogens is 340 g/mol. The summed E-state index contributed by atoms with van der Waals surface area (Å²) in [6.07, 6.45) is 1.96. The number of sulfonamides is 1. The average Bonchev–Trinajstić information content (AvgIpc) is 3.01. The molecule has 0 aliphatic heterocycles. The predicted molar refractivity (Wildman–Crippen MR) is 90.3 cm³/mol. The Labute approximate surface area is 136 Å². The number of nitrogens with zero attached hydrogens (tertiary/aromatic N) is 2. The van der Waals surface area contributed by atoms with Gasteiger partial charge in [0.1, 0.15) is 4.90 Å². The van der Waals surface area contributed by atoms with Crippen molar-refractivity contribution in [2.45, 2.75) is 23.1 Å². The first kappa shape index (κ1) is 15.3. The number of aryl methyl sites for hydroxylation is 2. The van der Waals surface area contributed by atoms with Crippen LogP contribution in [0.5, 0.6) is 0 Å². The number of thioether (sulfide) groups is 1. The molecule has 9 heteroatoms. The smallest absolute Gasteiger partial charge is 0.265 e. The fourth-order valence-corrected chi connectivity index (χ4v) is 5.15. The zero-order valence-corrected chi connectivity index (χ0v) is 14.6. The lowest BCUT2D eigenvalue weighted by molar-refractivity contribution is 0.600. The number of hydrogen-bond acceptors (Lipinski definition) is 6. The van der Waals surface area contributed by atoms with Crippen molar-refractivity contribution in [3.8, 4) is 0 Å². The molecule has 116 valence electrons. The summed E-state index contributed by atoms with van der Waals surface area (Å²) in [6.45, 7) is 3.35. The molecule has 2 heterocycles. The van der Waals surface area contributed by atoms with Crippen LogP contribution >= 0.6 is 23.1 Å². The van der Waals surface area contributed by atoms with Crippen LogP contribution in [0.2, 0.25) is 0 Å². The van der Waals surface area contributed by atoms with E-state index in [9.17, 15) is 8.42 Å². The molecule has 3 rings (SSSR count). The van der Waals surface area contributed by atoms with E-state index in [0.29, 0.717) is 17.1 Å². The van der Waals surface area contributed by atoms with E-state index in [0.717, 1.165) is 14.6 Å². The van der Waals surface area contributed by atoms with Crippen molar-refractivity contribution in [2.24, 2.45) is 0 Å². The fourth-order valence-electron chi connectivity index (χ4n) is 2.20. The summed E-state index contributed by atoms with van der Waals surface area (Å²) in [7, 11) is -3.66. The summed E-state index contributed by atoms with van der Waals surface area (Å²) in [5, 5.41) is 6.62. The fraction of sp³-hybridized carbons (Fsp3) is 0.231. The van der Waals surface area contributed by atoms with Crippen LogP contribution in [0.25, 0.3) is 10.2 Å².